The number of rotatable bonds is 6. The zero-order valence-electron chi connectivity index (χ0n) is 15.1. The summed E-state index contributed by atoms with van der Waals surface area (Å²) in [5.41, 5.74) is 0. The summed E-state index contributed by atoms with van der Waals surface area (Å²) in [5, 5.41) is 15.3. The highest BCUT2D eigenvalue weighted by Gasteiger charge is 2.17. The second kappa shape index (κ2) is 9.51. The fourth-order valence-corrected chi connectivity index (χ4v) is 4.00. The van der Waals surface area contributed by atoms with Gasteiger partial charge < -0.3 is 15.2 Å². The maximum Gasteiger partial charge on any atom is 0.191 e. The predicted octanol–water partition coefficient (Wildman–Crippen LogP) is 2.90. The number of nitrogens with zero attached hydrogens (tertiary/aromatic N) is 4. The average molecular weight is 474 g/mol. The predicted molar refractivity (Wildman–Crippen MR) is 114 cm³/mol. The van der Waals surface area contributed by atoms with Gasteiger partial charge in [-0.15, -0.1) is 45.5 Å². The number of thiophene rings is 1. The summed E-state index contributed by atoms with van der Waals surface area (Å²) in [4.78, 5) is 7.46. The highest BCUT2D eigenvalue weighted by molar-refractivity contribution is 14.0. The van der Waals surface area contributed by atoms with Gasteiger partial charge in [0.25, 0.3) is 0 Å². The van der Waals surface area contributed by atoms with Crippen molar-refractivity contribution in [3.8, 4) is 0 Å². The van der Waals surface area contributed by atoms with E-state index in [0.29, 0.717) is 12.6 Å². The number of aromatic nitrogens is 3. The zero-order valence-corrected chi connectivity index (χ0v) is 18.2. The molecule has 2 N–H and O–H groups in total. The summed E-state index contributed by atoms with van der Waals surface area (Å²) in [6.45, 7) is 8.85. The Morgan fingerprint density at radius 2 is 2.24 bits per heavy atom. The summed E-state index contributed by atoms with van der Waals surface area (Å²) < 4.78 is 2.20. The molecule has 0 saturated carbocycles. The van der Waals surface area contributed by atoms with Crippen LogP contribution >= 0.6 is 35.3 Å². The Morgan fingerprint density at radius 3 is 2.96 bits per heavy atom. The van der Waals surface area contributed by atoms with Gasteiger partial charge in [0.2, 0.25) is 0 Å². The molecule has 0 spiro atoms. The Balaban J connectivity index is 0.00000225. The third-order valence-electron chi connectivity index (χ3n) is 4.10. The fourth-order valence-electron chi connectivity index (χ4n) is 2.98. The molecule has 0 saturated heterocycles. The van der Waals surface area contributed by atoms with Crippen molar-refractivity contribution >= 4 is 41.3 Å². The molecule has 0 aliphatic carbocycles. The molecule has 1 unspecified atom stereocenters. The largest absolute Gasteiger partial charge is 0.357 e. The molecule has 3 rings (SSSR count). The van der Waals surface area contributed by atoms with Crippen LogP contribution in [0.25, 0.3) is 0 Å². The maximum atomic E-state index is 4.69. The molecule has 6 nitrogen and oxygen atoms in total. The van der Waals surface area contributed by atoms with Crippen LogP contribution in [0.4, 0.5) is 0 Å². The lowest BCUT2D eigenvalue weighted by Crippen LogP contribution is -2.43. The third-order valence-corrected chi connectivity index (χ3v) is 5.12. The molecule has 25 heavy (non-hydrogen) atoms. The number of hydrogen-bond acceptors (Lipinski definition) is 4. The van der Waals surface area contributed by atoms with Crippen molar-refractivity contribution in [3.05, 3.63) is 33.5 Å². The van der Waals surface area contributed by atoms with Crippen molar-refractivity contribution in [2.45, 2.75) is 59.2 Å². The van der Waals surface area contributed by atoms with Crippen LogP contribution in [0.5, 0.6) is 0 Å². The normalized spacial score (nSPS) is 14.8. The summed E-state index contributed by atoms with van der Waals surface area (Å²) in [6, 6.07) is 4.71. The minimum absolute atomic E-state index is 0. The number of fused-ring (bicyclic) bond motifs is 1. The van der Waals surface area contributed by atoms with Gasteiger partial charge in [0, 0.05) is 41.7 Å². The monoisotopic (exact) mass is 474 g/mol. The summed E-state index contributed by atoms with van der Waals surface area (Å²) >= 11 is 1.86. The van der Waals surface area contributed by atoms with Gasteiger partial charge >= 0.3 is 0 Å². The van der Waals surface area contributed by atoms with Crippen molar-refractivity contribution < 1.29 is 0 Å². The van der Waals surface area contributed by atoms with Gasteiger partial charge in [-0.1, -0.05) is 0 Å². The highest BCUT2D eigenvalue weighted by Crippen LogP contribution is 2.17. The van der Waals surface area contributed by atoms with Gasteiger partial charge in [-0.2, -0.15) is 0 Å². The van der Waals surface area contributed by atoms with Gasteiger partial charge in [-0.05, 0) is 39.3 Å². The quantitative estimate of drug-likeness (QED) is 0.384. The lowest BCUT2D eigenvalue weighted by Gasteiger charge is -2.17. The van der Waals surface area contributed by atoms with E-state index in [2.05, 4.69) is 58.3 Å². The van der Waals surface area contributed by atoms with Gasteiger partial charge in [0.05, 0.1) is 0 Å². The molecule has 1 atom stereocenters. The summed E-state index contributed by atoms with van der Waals surface area (Å²) in [6.07, 6.45) is 3.20. The van der Waals surface area contributed by atoms with Crippen molar-refractivity contribution in [1.82, 2.24) is 25.4 Å². The van der Waals surface area contributed by atoms with E-state index in [-0.39, 0.29) is 24.0 Å². The lowest BCUT2D eigenvalue weighted by atomic mass is 10.2. The number of hydrogen-bond donors (Lipinski definition) is 2. The van der Waals surface area contributed by atoms with E-state index in [0.717, 1.165) is 50.0 Å². The van der Waals surface area contributed by atoms with Crippen molar-refractivity contribution in [2.24, 2.45) is 4.99 Å². The Labute approximate surface area is 170 Å². The van der Waals surface area contributed by atoms with Crippen LogP contribution in [-0.2, 0) is 25.9 Å². The second-order valence-corrected chi connectivity index (χ2v) is 7.62. The van der Waals surface area contributed by atoms with Crippen LogP contribution in [-0.4, -0.2) is 33.3 Å². The molecule has 0 radical (unpaired) electrons. The molecule has 0 fully saturated rings. The third kappa shape index (κ3) is 5.40. The van der Waals surface area contributed by atoms with Crippen LogP contribution in [0.15, 0.2) is 17.1 Å². The molecular weight excluding hydrogens is 447 g/mol. The molecular formula is C17H27IN6S. The fraction of sp³-hybridized carbons (Fsp3) is 0.588. The molecule has 8 heteroatoms. The van der Waals surface area contributed by atoms with Crippen molar-refractivity contribution in [2.75, 3.05) is 6.54 Å². The van der Waals surface area contributed by atoms with Gasteiger partial charge in [-0.3, -0.25) is 0 Å². The van der Waals surface area contributed by atoms with Gasteiger partial charge in [0.15, 0.2) is 11.8 Å². The standard InChI is InChI=1S/C17H26N6S.HI/c1-4-18-17(20-12(2)10-14-8-7-13(3)24-14)19-11-16-22-21-15-6-5-9-23(15)16;/h7-8,12H,4-6,9-11H2,1-3H3,(H2,18,19,20);1H. The minimum atomic E-state index is 0. The first-order valence-corrected chi connectivity index (χ1v) is 9.48. The molecule has 2 aromatic rings. The van der Waals surface area contributed by atoms with E-state index in [1.165, 1.54) is 9.75 Å². The highest BCUT2D eigenvalue weighted by atomic mass is 127. The van der Waals surface area contributed by atoms with E-state index in [1.54, 1.807) is 0 Å². The minimum Gasteiger partial charge on any atom is -0.357 e. The Bertz CT molecular complexity index is 708. The zero-order chi connectivity index (χ0) is 16.9. The molecule has 0 amide bonds. The first kappa shape index (κ1) is 20.2. The first-order chi connectivity index (χ1) is 11.7. The SMILES string of the molecule is CCNC(=NCc1nnc2n1CCC2)NC(C)Cc1ccc(C)s1.I. The van der Waals surface area contributed by atoms with Crippen LogP contribution in [0.2, 0.25) is 0 Å². The number of guanidine groups is 1. The van der Waals surface area contributed by atoms with Crippen LogP contribution in [0, 0.1) is 6.92 Å². The molecule has 0 aromatic carbocycles. The van der Waals surface area contributed by atoms with Gasteiger partial charge in [0.1, 0.15) is 12.4 Å². The number of aryl methyl sites for hydroxylation is 2. The molecule has 1 aliphatic heterocycles. The Morgan fingerprint density at radius 1 is 1.40 bits per heavy atom. The smallest absolute Gasteiger partial charge is 0.191 e. The van der Waals surface area contributed by atoms with Crippen LogP contribution < -0.4 is 10.6 Å². The van der Waals surface area contributed by atoms with E-state index >= 15 is 0 Å². The maximum absolute atomic E-state index is 4.69. The molecule has 0 bridgehead atoms. The van der Waals surface area contributed by atoms with Gasteiger partial charge in [-0.25, -0.2) is 4.99 Å². The second-order valence-electron chi connectivity index (χ2n) is 6.24. The topological polar surface area (TPSA) is 67.1 Å². The Kier molecular flexibility index (Phi) is 7.67. The van der Waals surface area contributed by atoms with Crippen molar-refractivity contribution in [1.29, 1.82) is 0 Å². The lowest BCUT2D eigenvalue weighted by molar-refractivity contribution is 0.640. The van der Waals surface area contributed by atoms with Crippen molar-refractivity contribution in [3.63, 3.8) is 0 Å². The molecule has 3 heterocycles. The van der Waals surface area contributed by atoms with E-state index in [1.807, 2.05) is 11.3 Å². The van der Waals surface area contributed by atoms with E-state index in [9.17, 15) is 0 Å². The molecule has 2 aromatic heterocycles. The summed E-state index contributed by atoms with van der Waals surface area (Å²) in [7, 11) is 0. The summed E-state index contributed by atoms with van der Waals surface area (Å²) in [5.74, 6) is 2.90. The number of nitrogens with one attached hydrogen (secondary N) is 2. The number of aliphatic imine (C=N–C) groups is 1. The Hall–Kier alpha value is -1.16. The van der Waals surface area contributed by atoms with E-state index < -0.39 is 0 Å². The van der Waals surface area contributed by atoms with Crippen LogP contribution in [0.3, 0.4) is 0 Å². The number of halogens is 1. The molecule has 1 aliphatic rings. The van der Waals surface area contributed by atoms with Crippen LogP contribution in [0.1, 0.15) is 41.7 Å². The first-order valence-electron chi connectivity index (χ1n) is 8.67. The van der Waals surface area contributed by atoms with E-state index in [4.69, 9.17) is 4.99 Å². The average Bonchev–Trinajstić information content (AvgIpc) is 3.23. The molecule has 138 valence electrons.